The first-order chi connectivity index (χ1) is 11.8. The number of carbonyl (C=O) groups is 1. The summed E-state index contributed by atoms with van der Waals surface area (Å²) in [5.74, 6) is -1.38. The molecule has 0 amide bonds. The summed E-state index contributed by atoms with van der Waals surface area (Å²) < 4.78 is 45.6. The number of nitrogens with one attached hydrogen (secondary N) is 1. The molecule has 1 N–H and O–H groups in total. The first-order valence-corrected chi connectivity index (χ1v) is 10.3. The standard InChI is InChI=1S/C17H23ClFNO4S/c1-24-10-13-7-14(17(19)15(18)8-13)16(21)9-20-25(22,23)11-12-5-3-2-4-6-12/h7-8,12,20H,2-6,9-11H2,1H3. The average Bonchev–Trinajstić information content (AvgIpc) is 2.56. The summed E-state index contributed by atoms with van der Waals surface area (Å²) in [7, 11) is -2.11. The van der Waals surface area contributed by atoms with Gasteiger partial charge in [-0.1, -0.05) is 30.9 Å². The molecule has 0 radical (unpaired) electrons. The van der Waals surface area contributed by atoms with Crippen LogP contribution in [-0.4, -0.2) is 33.6 Å². The Morgan fingerprint density at radius 3 is 2.64 bits per heavy atom. The molecule has 0 aromatic heterocycles. The number of halogens is 2. The van der Waals surface area contributed by atoms with Gasteiger partial charge in [-0.25, -0.2) is 17.5 Å². The molecule has 0 spiro atoms. The van der Waals surface area contributed by atoms with E-state index in [1.807, 2.05) is 0 Å². The highest BCUT2D eigenvalue weighted by molar-refractivity contribution is 7.89. The number of Topliss-reactive ketones (excluding diaryl/α,β-unsaturated/α-hetero) is 1. The van der Waals surface area contributed by atoms with E-state index in [0.717, 1.165) is 32.1 Å². The van der Waals surface area contributed by atoms with E-state index in [1.165, 1.54) is 19.2 Å². The molecule has 0 unspecified atom stereocenters. The minimum absolute atomic E-state index is 0.00718. The predicted octanol–water partition coefficient (Wildman–Crippen LogP) is 3.31. The van der Waals surface area contributed by atoms with Crippen LogP contribution >= 0.6 is 11.6 Å². The molecule has 1 aromatic carbocycles. The van der Waals surface area contributed by atoms with Gasteiger partial charge >= 0.3 is 0 Å². The van der Waals surface area contributed by atoms with E-state index in [0.29, 0.717) is 5.56 Å². The molecule has 25 heavy (non-hydrogen) atoms. The molecule has 0 aliphatic heterocycles. The van der Waals surface area contributed by atoms with Crippen LogP contribution in [0.15, 0.2) is 12.1 Å². The molecule has 0 bridgehead atoms. The van der Waals surface area contributed by atoms with E-state index in [1.54, 1.807) is 0 Å². The van der Waals surface area contributed by atoms with Gasteiger partial charge in [-0.3, -0.25) is 4.79 Å². The van der Waals surface area contributed by atoms with E-state index < -0.39 is 28.2 Å². The van der Waals surface area contributed by atoms with Gasteiger partial charge in [0.25, 0.3) is 0 Å². The zero-order chi connectivity index (χ0) is 18.4. The highest BCUT2D eigenvalue weighted by atomic mass is 35.5. The van der Waals surface area contributed by atoms with Crippen molar-refractivity contribution in [1.29, 1.82) is 0 Å². The Labute approximate surface area is 152 Å². The number of methoxy groups -OCH3 is 1. The number of rotatable bonds is 8. The van der Waals surface area contributed by atoms with E-state index in [-0.39, 0.29) is 28.9 Å². The van der Waals surface area contributed by atoms with Crippen molar-refractivity contribution >= 4 is 27.4 Å². The van der Waals surface area contributed by atoms with E-state index >= 15 is 0 Å². The summed E-state index contributed by atoms with van der Waals surface area (Å²) in [6.45, 7) is -0.313. The van der Waals surface area contributed by atoms with Crippen LogP contribution in [0.1, 0.15) is 48.0 Å². The number of carbonyl (C=O) groups excluding carboxylic acids is 1. The fourth-order valence-electron chi connectivity index (χ4n) is 3.09. The lowest BCUT2D eigenvalue weighted by Gasteiger charge is -2.21. The molecule has 0 saturated heterocycles. The van der Waals surface area contributed by atoms with Gasteiger partial charge in [-0.15, -0.1) is 0 Å². The Hall–Kier alpha value is -1.02. The monoisotopic (exact) mass is 391 g/mol. The maximum absolute atomic E-state index is 14.1. The lowest BCUT2D eigenvalue weighted by molar-refractivity contribution is 0.0992. The fraction of sp³-hybridized carbons (Fsp3) is 0.588. The summed E-state index contributed by atoms with van der Waals surface area (Å²) in [4.78, 5) is 12.2. The zero-order valence-electron chi connectivity index (χ0n) is 14.2. The molecule has 1 aliphatic rings. The summed E-state index contributed by atoms with van der Waals surface area (Å²) in [5, 5.41) is -0.192. The first kappa shape index (κ1) is 20.3. The summed E-state index contributed by atoms with van der Waals surface area (Å²) in [6, 6.07) is 2.72. The summed E-state index contributed by atoms with van der Waals surface area (Å²) in [6.07, 6.45) is 4.99. The molecule has 0 heterocycles. The van der Waals surface area contributed by atoms with Crippen LogP contribution in [-0.2, 0) is 21.4 Å². The van der Waals surface area contributed by atoms with Crippen molar-refractivity contribution in [2.75, 3.05) is 19.4 Å². The lowest BCUT2D eigenvalue weighted by atomic mass is 9.91. The van der Waals surface area contributed by atoms with Gasteiger partial charge in [0.2, 0.25) is 10.0 Å². The Bertz CT molecular complexity index is 718. The number of sulfonamides is 1. The van der Waals surface area contributed by atoms with Gasteiger partial charge in [-0.05, 0) is 36.5 Å². The highest BCUT2D eigenvalue weighted by Gasteiger charge is 2.23. The summed E-state index contributed by atoms with van der Waals surface area (Å²) >= 11 is 5.80. The number of hydrogen-bond acceptors (Lipinski definition) is 4. The van der Waals surface area contributed by atoms with Crippen molar-refractivity contribution in [3.05, 3.63) is 34.1 Å². The van der Waals surface area contributed by atoms with Crippen LogP contribution < -0.4 is 4.72 Å². The van der Waals surface area contributed by atoms with E-state index in [4.69, 9.17) is 16.3 Å². The van der Waals surface area contributed by atoms with Gasteiger partial charge < -0.3 is 4.74 Å². The number of benzene rings is 1. The molecular weight excluding hydrogens is 369 g/mol. The van der Waals surface area contributed by atoms with Gasteiger partial charge in [-0.2, -0.15) is 0 Å². The largest absolute Gasteiger partial charge is 0.380 e. The maximum atomic E-state index is 14.1. The minimum atomic E-state index is -3.58. The predicted molar refractivity (Wildman–Crippen MR) is 94.8 cm³/mol. The Kier molecular flexibility index (Phi) is 7.37. The van der Waals surface area contributed by atoms with Gasteiger partial charge in [0.15, 0.2) is 11.6 Å². The van der Waals surface area contributed by atoms with Crippen molar-refractivity contribution in [1.82, 2.24) is 4.72 Å². The first-order valence-electron chi connectivity index (χ1n) is 8.30. The fourth-order valence-corrected chi connectivity index (χ4v) is 4.76. The third-order valence-corrected chi connectivity index (χ3v) is 6.10. The van der Waals surface area contributed by atoms with Crippen molar-refractivity contribution in [2.24, 2.45) is 5.92 Å². The SMILES string of the molecule is COCc1cc(Cl)c(F)c(C(=O)CNS(=O)(=O)CC2CCCCC2)c1. The molecule has 140 valence electrons. The van der Waals surface area contributed by atoms with Gasteiger partial charge in [0, 0.05) is 7.11 Å². The van der Waals surface area contributed by atoms with Crippen molar-refractivity contribution in [3.63, 3.8) is 0 Å². The van der Waals surface area contributed by atoms with E-state index in [9.17, 15) is 17.6 Å². The average molecular weight is 392 g/mol. The zero-order valence-corrected chi connectivity index (χ0v) is 15.8. The number of hydrogen-bond donors (Lipinski definition) is 1. The summed E-state index contributed by atoms with van der Waals surface area (Å²) in [5.41, 5.74) is 0.308. The molecular formula is C17H23ClFNO4S. The number of ether oxygens (including phenoxy) is 1. The van der Waals surface area contributed by atoms with Crippen molar-refractivity contribution in [2.45, 2.75) is 38.7 Å². The second-order valence-corrected chi connectivity index (χ2v) is 8.66. The van der Waals surface area contributed by atoms with Crippen LogP contribution in [0.25, 0.3) is 0 Å². The molecule has 5 nitrogen and oxygen atoms in total. The molecule has 8 heteroatoms. The highest BCUT2D eigenvalue weighted by Crippen LogP contribution is 2.25. The molecule has 1 fully saturated rings. The van der Waals surface area contributed by atoms with Crippen molar-refractivity contribution < 1.29 is 22.3 Å². The molecule has 1 aliphatic carbocycles. The maximum Gasteiger partial charge on any atom is 0.212 e. The smallest absolute Gasteiger partial charge is 0.212 e. The quantitative estimate of drug-likeness (QED) is 0.690. The minimum Gasteiger partial charge on any atom is -0.380 e. The second kappa shape index (κ2) is 9.07. The van der Waals surface area contributed by atoms with Gasteiger partial charge in [0.1, 0.15) is 0 Å². The second-order valence-electron chi connectivity index (χ2n) is 6.40. The molecule has 1 aromatic rings. The van der Waals surface area contributed by atoms with Crippen LogP contribution in [0.5, 0.6) is 0 Å². The molecule has 0 atom stereocenters. The molecule has 1 saturated carbocycles. The van der Waals surface area contributed by atoms with Crippen LogP contribution in [0.3, 0.4) is 0 Å². The topological polar surface area (TPSA) is 72.5 Å². The normalized spacial score (nSPS) is 16.1. The van der Waals surface area contributed by atoms with Gasteiger partial charge in [0.05, 0.1) is 29.5 Å². The third kappa shape index (κ3) is 6.02. The number of ketones is 1. The van der Waals surface area contributed by atoms with Crippen LogP contribution in [0, 0.1) is 11.7 Å². The molecule has 2 rings (SSSR count). The Morgan fingerprint density at radius 1 is 1.32 bits per heavy atom. The van der Waals surface area contributed by atoms with Crippen LogP contribution in [0.4, 0.5) is 4.39 Å². The van der Waals surface area contributed by atoms with Crippen LogP contribution in [0.2, 0.25) is 5.02 Å². The Balaban J connectivity index is 2.01. The third-order valence-electron chi connectivity index (χ3n) is 4.33. The van der Waals surface area contributed by atoms with Crippen molar-refractivity contribution in [3.8, 4) is 0 Å². The Morgan fingerprint density at radius 2 is 2.00 bits per heavy atom. The van der Waals surface area contributed by atoms with E-state index in [2.05, 4.69) is 4.72 Å². The lowest BCUT2D eigenvalue weighted by Crippen LogP contribution is -2.34.